The summed E-state index contributed by atoms with van der Waals surface area (Å²) in [4.78, 5) is 78.1. The third kappa shape index (κ3) is 16.4. The number of aliphatic carboxylic acids is 1. The van der Waals surface area contributed by atoms with Gasteiger partial charge in [0.15, 0.2) is 17.2 Å². The Morgan fingerprint density at radius 2 is 1.59 bits per heavy atom. The minimum absolute atomic E-state index is 0.00359. The molecule has 3 amide bonds. The van der Waals surface area contributed by atoms with E-state index in [1.54, 1.807) is 45.8 Å². The summed E-state index contributed by atoms with van der Waals surface area (Å²) in [6.45, 7) is 11.8. The monoisotopic (exact) mass is 1030 g/mol. The molecular formula is C52H68ClN7O9S2. The number of likely N-dealkylation sites (N-methyl/N-ethyl adjacent to an activating group) is 2. The zero-order chi connectivity index (χ0) is 51.7. The maximum absolute atomic E-state index is 13.4. The van der Waals surface area contributed by atoms with Gasteiger partial charge in [0.05, 0.1) is 10.9 Å². The van der Waals surface area contributed by atoms with E-state index in [0.717, 1.165) is 89.3 Å². The number of aldehydes is 2. The number of esters is 1. The van der Waals surface area contributed by atoms with Crippen molar-refractivity contribution in [3.05, 3.63) is 93.3 Å². The molecule has 2 aliphatic heterocycles. The number of nitrogens with zero attached hydrogens (tertiary/aromatic N) is 3. The number of rotatable bonds is 21. The molecular weight excluding hydrogens is 966 g/mol. The number of carbonyl (C=O) groups excluding carboxylic acids is 5. The average molecular weight is 1030 g/mol. The third-order valence-corrected chi connectivity index (χ3v) is 14.7. The van der Waals surface area contributed by atoms with Crippen molar-refractivity contribution in [2.24, 2.45) is 0 Å². The van der Waals surface area contributed by atoms with Gasteiger partial charge in [-0.15, -0.1) is 11.3 Å². The highest BCUT2D eigenvalue weighted by Gasteiger charge is 2.30. The molecule has 2 aliphatic rings. The molecule has 1 aromatic heterocycles. The largest absolute Gasteiger partial charge is 0.479 e. The molecule has 1 atom stereocenters. The van der Waals surface area contributed by atoms with Crippen LogP contribution in [-0.4, -0.2) is 126 Å². The van der Waals surface area contributed by atoms with E-state index in [1.807, 2.05) is 85.3 Å². The van der Waals surface area contributed by atoms with Crippen LogP contribution >= 0.6 is 34.9 Å². The van der Waals surface area contributed by atoms with Crippen LogP contribution < -0.4 is 26.0 Å². The topological polar surface area (TPSA) is 199 Å². The summed E-state index contributed by atoms with van der Waals surface area (Å²) in [6, 6.07) is 20.8. The molecule has 1 unspecified atom stereocenters. The molecule has 5 N–H and O–H groups in total. The van der Waals surface area contributed by atoms with Crippen molar-refractivity contribution in [1.29, 1.82) is 0 Å². The Morgan fingerprint density at radius 1 is 0.930 bits per heavy atom. The fraction of sp³-hybridized carbons (Fsp3) is 0.462. The van der Waals surface area contributed by atoms with Crippen LogP contribution in [0.15, 0.2) is 66.7 Å². The number of benzene rings is 3. The summed E-state index contributed by atoms with van der Waals surface area (Å²) in [5.74, 6) is -1.28. The number of hydrogen-bond donors (Lipinski definition) is 5. The van der Waals surface area contributed by atoms with Crippen LogP contribution in [0.25, 0.3) is 10.4 Å². The summed E-state index contributed by atoms with van der Waals surface area (Å²) < 4.78 is 13.4. The van der Waals surface area contributed by atoms with Crippen molar-refractivity contribution in [2.45, 2.75) is 109 Å². The van der Waals surface area contributed by atoms with Crippen LogP contribution in [0.1, 0.15) is 104 Å². The molecule has 2 saturated heterocycles. The fourth-order valence-electron chi connectivity index (χ4n) is 8.30. The quantitative estimate of drug-likeness (QED) is 0.0300. The van der Waals surface area contributed by atoms with Gasteiger partial charge >= 0.3 is 18.0 Å². The Labute approximate surface area is 430 Å². The van der Waals surface area contributed by atoms with Crippen molar-refractivity contribution < 1.29 is 43.3 Å². The van der Waals surface area contributed by atoms with Crippen molar-refractivity contribution in [3.63, 3.8) is 0 Å². The number of carbonyl (C=O) groups is 6. The standard InChI is InChI=1S/C50H62ClN7O9S2.C2H6/c1-50(2,3)67-48(64)46-44(66-30-42(61)62)43(51)45(69-46)33-11-7-14-38(27-33)53-35-19-23-58(24-20-35)68-31-32-10-6-13-37(26-32)55-49(65)57-21-17-36(18-22-57)54-40-15-8-12-34(29-60)39(40)28-56(5)41(16-9-25-59)47(63)52-4;1-2/h6-8,10-15,25-27,29,35-36,41,53-54H,9,16-24,28,30-31H2,1-5H3,(H,52,63)(H,55,65)(H,61,62);1-2H3. The van der Waals surface area contributed by atoms with Gasteiger partial charge in [0, 0.05) is 86.7 Å². The fourth-order valence-corrected chi connectivity index (χ4v) is 10.7. The highest BCUT2D eigenvalue weighted by Crippen LogP contribution is 2.46. The molecule has 6 rings (SSSR count). The second kappa shape index (κ2) is 27.2. The maximum Gasteiger partial charge on any atom is 0.352 e. The van der Waals surface area contributed by atoms with Gasteiger partial charge in [-0.25, -0.2) is 14.4 Å². The van der Waals surface area contributed by atoms with Crippen molar-refractivity contribution in [2.75, 3.05) is 62.8 Å². The molecule has 16 nitrogen and oxygen atoms in total. The molecule has 0 saturated carbocycles. The summed E-state index contributed by atoms with van der Waals surface area (Å²) in [5, 5.41) is 22.4. The van der Waals surface area contributed by atoms with Gasteiger partial charge in [0.2, 0.25) is 5.91 Å². The number of carboxylic acids is 1. The number of halogens is 1. The molecule has 4 aromatic rings. The Hall–Kier alpha value is -5.66. The zero-order valence-corrected chi connectivity index (χ0v) is 44.1. The maximum atomic E-state index is 13.4. The minimum Gasteiger partial charge on any atom is -0.479 e. The average Bonchev–Trinajstić information content (AvgIpc) is 3.69. The lowest BCUT2D eigenvalue weighted by Gasteiger charge is -2.34. The number of urea groups is 1. The van der Waals surface area contributed by atoms with E-state index < -0.39 is 30.2 Å². The van der Waals surface area contributed by atoms with E-state index in [1.165, 1.54) is 0 Å². The van der Waals surface area contributed by atoms with Gasteiger partial charge < -0.3 is 45.5 Å². The number of thiophene rings is 1. The molecule has 384 valence electrons. The Balaban J connectivity index is 0.00000463. The third-order valence-electron chi connectivity index (χ3n) is 11.8. The number of likely N-dealkylation sites (tertiary alicyclic amines) is 1. The van der Waals surface area contributed by atoms with Crippen molar-refractivity contribution in [3.8, 4) is 16.2 Å². The first-order valence-corrected chi connectivity index (χ1v) is 26.2. The van der Waals surface area contributed by atoms with Crippen LogP contribution in [0.5, 0.6) is 5.75 Å². The van der Waals surface area contributed by atoms with Gasteiger partial charge in [0.25, 0.3) is 0 Å². The van der Waals surface area contributed by atoms with Crippen molar-refractivity contribution in [1.82, 2.24) is 19.4 Å². The first kappa shape index (κ1) is 56.3. The van der Waals surface area contributed by atoms with Crippen LogP contribution in [0.4, 0.5) is 21.9 Å². The van der Waals surface area contributed by atoms with E-state index in [4.69, 9.17) is 21.1 Å². The molecule has 19 heteroatoms. The Morgan fingerprint density at radius 3 is 2.25 bits per heavy atom. The lowest BCUT2D eigenvalue weighted by Crippen LogP contribution is -2.45. The zero-order valence-electron chi connectivity index (χ0n) is 41.7. The molecule has 0 spiro atoms. The number of hydrogen-bond acceptors (Lipinski definition) is 14. The minimum atomic E-state index is -1.19. The lowest BCUT2D eigenvalue weighted by atomic mass is 10.0. The second-order valence-electron chi connectivity index (χ2n) is 18.1. The first-order valence-electron chi connectivity index (χ1n) is 24.0. The van der Waals surface area contributed by atoms with Gasteiger partial charge in [-0.1, -0.05) is 73.8 Å². The first-order chi connectivity index (χ1) is 34.0. The van der Waals surface area contributed by atoms with Gasteiger partial charge in [-0.05, 0) is 107 Å². The number of carboxylic acid groups (broad SMARTS) is 1. The number of nitrogens with one attached hydrogen (secondary N) is 4. The van der Waals surface area contributed by atoms with Crippen LogP contribution in [0.3, 0.4) is 0 Å². The predicted octanol–water partition coefficient (Wildman–Crippen LogP) is 9.68. The molecule has 3 aromatic carbocycles. The normalized spacial score (nSPS) is 14.9. The molecule has 3 heterocycles. The van der Waals surface area contributed by atoms with Crippen LogP contribution in [-0.2, 0) is 31.4 Å². The summed E-state index contributed by atoms with van der Waals surface area (Å²) in [7, 11) is 3.38. The second-order valence-corrected chi connectivity index (χ2v) is 20.6. The van der Waals surface area contributed by atoms with E-state index in [2.05, 4.69) is 31.6 Å². The molecule has 0 bridgehead atoms. The Kier molecular flexibility index (Phi) is 21.6. The highest BCUT2D eigenvalue weighted by atomic mass is 35.5. The van der Waals surface area contributed by atoms with E-state index in [0.29, 0.717) is 49.3 Å². The number of piperidine rings is 2. The lowest BCUT2D eigenvalue weighted by molar-refractivity contribution is -0.139. The summed E-state index contributed by atoms with van der Waals surface area (Å²) in [5.41, 5.74) is 4.82. The van der Waals surface area contributed by atoms with E-state index in [-0.39, 0.29) is 46.1 Å². The van der Waals surface area contributed by atoms with Crippen LogP contribution in [0.2, 0.25) is 5.02 Å². The SMILES string of the molecule is CC.CNC(=O)C(CCC=O)N(C)Cc1c(C=O)cccc1NC1CCN(C(=O)Nc2cccc(CSN3CCC(Nc4cccc(-c5sc(C(=O)OC(C)(C)C)c(OCC(=O)O)c5Cl)c4)CC3)c2)CC1. The molecule has 2 fully saturated rings. The number of ether oxygens (including phenoxy) is 2. The van der Waals surface area contributed by atoms with E-state index >= 15 is 0 Å². The molecule has 71 heavy (non-hydrogen) atoms. The molecule has 0 aliphatic carbocycles. The van der Waals surface area contributed by atoms with Gasteiger partial charge in [-0.2, -0.15) is 0 Å². The summed E-state index contributed by atoms with van der Waals surface area (Å²) in [6.07, 6.45) is 5.49. The molecule has 0 radical (unpaired) electrons. The predicted molar refractivity (Wildman–Crippen MR) is 284 cm³/mol. The Bertz CT molecular complexity index is 2450. The summed E-state index contributed by atoms with van der Waals surface area (Å²) >= 11 is 9.61. The number of anilines is 3. The van der Waals surface area contributed by atoms with Crippen molar-refractivity contribution >= 4 is 88.4 Å². The van der Waals surface area contributed by atoms with Crippen LogP contribution in [0, 0.1) is 0 Å². The highest BCUT2D eigenvalue weighted by molar-refractivity contribution is 7.96. The number of amides is 3. The smallest absolute Gasteiger partial charge is 0.352 e. The van der Waals surface area contributed by atoms with Gasteiger partial charge in [0.1, 0.15) is 23.2 Å². The van der Waals surface area contributed by atoms with Gasteiger partial charge in [-0.3, -0.25) is 18.8 Å². The van der Waals surface area contributed by atoms with E-state index in [9.17, 15) is 33.9 Å².